The van der Waals surface area contributed by atoms with Crippen LogP contribution in [0.1, 0.15) is 21.6 Å². The van der Waals surface area contributed by atoms with Crippen LogP contribution in [0.2, 0.25) is 5.02 Å². The van der Waals surface area contributed by atoms with Crippen LogP contribution >= 0.6 is 38.9 Å². The smallest absolute Gasteiger partial charge is 0.298 e. The van der Waals surface area contributed by atoms with Crippen molar-refractivity contribution in [3.05, 3.63) is 85.8 Å². The first-order chi connectivity index (χ1) is 13.7. The van der Waals surface area contributed by atoms with E-state index >= 15 is 0 Å². The maximum atomic E-state index is 12.9. The molecule has 0 spiro atoms. The van der Waals surface area contributed by atoms with Gasteiger partial charge in [-0.2, -0.15) is 13.2 Å². The van der Waals surface area contributed by atoms with Crippen LogP contribution in [-0.2, 0) is 17.4 Å². The van der Waals surface area contributed by atoms with Gasteiger partial charge in [0.15, 0.2) is 5.13 Å². The van der Waals surface area contributed by atoms with Crippen LogP contribution in [0.4, 0.5) is 18.3 Å². The fourth-order valence-electron chi connectivity index (χ4n) is 2.43. The quantitative estimate of drug-likeness (QED) is 0.390. The van der Waals surface area contributed by atoms with E-state index in [4.69, 9.17) is 11.6 Å². The molecule has 0 aliphatic heterocycles. The summed E-state index contributed by atoms with van der Waals surface area (Å²) in [5.74, 6) is -0.488. The number of hydrogen-bond donors (Lipinski definition) is 1. The Morgan fingerprint density at radius 2 is 1.93 bits per heavy atom. The van der Waals surface area contributed by atoms with Crippen LogP contribution in [0.5, 0.6) is 0 Å². The lowest BCUT2D eigenvalue weighted by molar-refractivity contribution is -0.137. The predicted octanol–water partition coefficient (Wildman–Crippen LogP) is 6.82. The zero-order valence-electron chi connectivity index (χ0n) is 14.6. The van der Waals surface area contributed by atoms with Crippen molar-refractivity contribution < 1.29 is 18.0 Å². The van der Waals surface area contributed by atoms with E-state index in [0.29, 0.717) is 11.6 Å². The van der Waals surface area contributed by atoms with E-state index in [2.05, 4.69) is 26.2 Å². The van der Waals surface area contributed by atoms with Gasteiger partial charge in [0.25, 0.3) is 0 Å². The summed E-state index contributed by atoms with van der Waals surface area (Å²) in [5.41, 5.74) is 0.379. The van der Waals surface area contributed by atoms with Crippen molar-refractivity contribution >= 4 is 56.0 Å². The van der Waals surface area contributed by atoms with Gasteiger partial charge < -0.3 is 0 Å². The van der Waals surface area contributed by atoms with E-state index in [0.717, 1.165) is 33.1 Å². The lowest BCUT2D eigenvalue weighted by Crippen LogP contribution is -2.07. The molecule has 3 rings (SSSR count). The summed E-state index contributed by atoms with van der Waals surface area (Å²) in [4.78, 5) is 17.2. The Morgan fingerprint density at radius 1 is 1.21 bits per heavy atom. The van der Waals surface area contributed by atoms with Crippen LogP contribution < -0.4 is 5.32 Å². The highest BCUT2D eigenvalue weighted by Crippen LogP contribution is 2.35. The Labute approximate surface area is 182 Å². The minimum Gasteiger partial charge on any atom is -0.298 e. The Kier molecular flexibility index (Phi) is 6.77. The molecule has 0 saturated heterocycles. The topological polar surface area (TPSA) is 42.0 Å². The standard InChI is InChI=1S/C20H13BrClF3N2OS/c21-14-5-1-12(2-6-14)9-15-11-26-19(29-15)27-18(28)8-4-13-3-7-17(22)16(10-13)20(23,24)25/h1-8,10-11H,9H2,(H,26,27,28)/b8-4+. The molecule has 3 nitrogen and oxygen atoms in total. The number of carbonyl (C=O) groups is 1. The van der Waals surface area contributed by atoms with Crippen LogP contribution in [-0.4, -0.2) is 10.9 Å². The summed E-state index contributed by atoms with van der Waals surface area (Å²) in [6.07, 6.45) is 0.244. The van der Waals surface area contributed by atoms with Crippen LogP contribution in [0, 0.1) is 0 Å². The number of nitrogens with zero attached hydrogens (tertiary/aromatic N) is 1. The molecule has 3 aromatic rings. The molecule has 9 heteroatoms. The fourth-order valence-corrected chi connectivity index (χ4v) is 3.77. The number of aromatic nitrogens is 1. The first kappa shape index (κ1) is 21.5. The molecule has 0 fully saturated rings. The SMILES string of the molecule is O=C(/C=C/c1ccc(Cl)c(C(F)(F)F)c1)Nc1ncc(Cc2ccc(Br)cc2)s1. The maximum Gasteiger partial charge on any atom is 0.417 e. The summed E-state index contributed by atoms with van der Waals surface area (Å²) in [7, 11) is 0. The highest BCUT2D eigenvalue weighted by molar-refractivity contribution is 9.10. The van der Waals surface area contributed by atoms with E-state index in [1.165, 1.54) is 23.5 Å². The summed E-state index contributed by atoms with van der Waals surface area (Å²) in [5, 5.41) is 2.64. The van der Waals surface area contributed by atoms with Crippen LogP contribution in [0.25, 0.3) is 6.08 Å². The lowest BCUT2D eigenvalue weighted by atomic mass is 10.1. The minimum absolute atomic E-state index is 0.215. The highest BCUT2D eigenvalue weighted by Gasteiger charge is 2.33. The maximum absolute atomic E-state index is 12.9. The monoisotopic (exact) mass is 500 g/mol. The molecule has 1 heterocycles. The number of carbonyl (C=O) groups excluding carboxylic acids is 1. The van der Waals surface area contributed by atoms with Gasteiger partial charge in [-0.1, -0.05) is 45.7 Å². The largest absolute Gasteiger partial charge is 0.417 e. The number of anilines is 1. The Morgan fingerprint density at radius 3 is 2.62 bits per heavy atom. The second-order valence-electron chi connectivity index (χ2n) is 5.99. The Bertz CT molecular complexity index is 1050. The van der Waals surface area contributed by atoms with Gasteiger partial charge in [0.1, 0.15) is 0 Å². The van der Waals surface area contributed by atoms with Crippen molar-refractivity contribution in [2.24, 2.45) is 0 Å². The first-order valence-corrected chi connectivity index (χ1v) is 10.2. The molecule has 29 heavy (non-hydrogen) atoms. The van der Waals surface area contributed by atoms with E-state index < -0.39 is 17.6 Å². The molecule has 0 unspecified atom stereocenters. The van der Waals surface area contributed by atoms with Gasteiger partial charge in [-0.15, -0.1) is 11.3 Å². The number of benzene rings is 2. The minimum atomic E-state index is -4.56. The summed E-state index contributed by atoms with van der Waals surface area (Å²) >= 11 is 10.3. The molecule has 0 atom stereocenters. The Hall–Kier alpha value is -2.16. The molecule has 1 aromatic heterocycles. The number of alkyl halides is 3. The number of rotatable bonds is 5. The van der Waals surface area contributed by atoms with E-state index in [1.54, 1.807) is 6.20 Å². The van der Waals surface area contributed by atoms with Gasteiger partial charge in [-0.25, -0.2) is 4.98 Å². The number of amides is 1. The van der Waals surface area contributed by atoms with E-state index in [1.807, 2.05) is 24.3 Å². The van der Waals surface area contributed by atoms with Crippen LogP contribution in [0.3, 0.4) is 0 Å². The van der Waals surface area contributed by atoms with Crippen molar-refractivity contribution in [2.75, 3.05) is 5.32 Å². The highest BCUT2D eigenvalue weighted by atomic mass is 79.9. The zero-order chi connectivity index (χ0) is 21.0. The molecule has 1 N–H and O–H groups in total. The molecule has 0 saturated carbocycles. The van der Waals surface area contributed by atoms with Gasteiger partial charge in [-0.3, -0.25) is 10.1 Å². The van der Waals surface area contributed by atoms with Crippen LogP contribution in [0.15, 0.2) is 59.2 Å². The average Bonchev–Trinajstić information content (AvgIpc) is 3.08. The zero-order valence-corrected chi connectivity index (χ0v) is 17.8. The molecule has 0 aliphatic carbocycles. The number of halogens is 5. The lowest BCUT2D eigenvalue weighted by Gasteiger charge is -2.09. The molecule has 2 aromatic carbocycles. The van der Waals surface area contributed by atoms with E-state index in [9.17, 15) is 18.0 Å². The third kappa shape index (κ3) is 6.16. The molecular weight excluding hydrogens is 489 g/mol. The van der Waals surface area contributed by atoms with Gasteiger partial charge in [0, 0.05) is 28.0 Å². The second-order valence-corrected chi connectivity index (χ2v) is 8.43. The normalized spacial score (nSPS) is 11.8. The third-order valence-electron chi connectivity index (χ3n) is 3.80. The van der Waals surface area contributed by atoms with Crippen molar-refractivity contribution in [3.8, 4) is 0 Å². The van der Waals surface area contributed by atoms with Gasteiger partial charge in [0.2, 0.25) is 5.91 Å². The van der Waals surface area contributed by atoms with Gasteiger partial charge in [-0.05, 0) is 41.5 Å². The van der Waals surface area contributed by atoms with Crippen molar-refractivity contribution in [3.63, 3.8) is 0 Å². The second kappa shape index (κ2) is 9.11. The first-order valence-electron chi connectivity index (χ1n) is 8.25. The number of nitrogens with one attached hydrogen (secondary N) is 1. The number of hydrogen-bond acceptors (Lipinski definition) is 3. The Balaban J connectivity index is 1.62. The van der Waals surface area contributed by atoms with Crippen molar-refractivity contribution in [1.82, 2.24) is 4.98 Å². The molecular formula is C20H13BrClF3N2OS. The van der Waals surface area contributed by atoms with E-state index in [-0.39, 0.29) is 10.6 Å². The van der Waals surface area contributed by atoms with Crippen molar-refractivity contribution in [2.45, 2.75) is 12.6 Å². The number of thiazole rings is 1. The molecule has 1 amide bonds. The van der Waals surface area contributed by atoms with Gasteiger partial charge >= 0.3 is 6.18 Å². The summed E-state index contributed by atoms with van der Waals surface area (Å²) in [6, 6.07) is 11.3. The van der Waals surface area contributed by atoms with Gasteiger partial charge in [0.05, 0.1) is 10.6 Å². The fraction of sp³-hybridized carbons (Fsp3) is 0.100. The third-order valence-corrected chi connectivity index (χ3v) is 5.57. The predicted molar refractivity (Wildman–Crippen MR) is 113 cm³/mol. The molecule has 150 valence electrons. The summed E-state index contributed by atoms with van der Waals surface area (Å²) < 4.78 is 39.7. The van der Waals surface area contributed by atoms with Crippen molar-refractivity contribution in [1.29, 1.82) is 0 Å². The summed E-state index contributed by atoms with van der Waals surface area (Å²) in [6.45, 7) is 0. The molecule has 0 bridgehead atoms. The molecule has 0 aliphatic rings. The average molecular weight is 502 g/mol. The molecule has 0 radical (unpaired) electrons.